The summed E-state index contributed by atoms with van der Waals surface area (Å²) in [5, 5.41) is 7.53. The van der Waals surface area contributed by atoms with Gasteiger partial charge in [-0.25, -0.2) is 4.98 Å². The zero-order chi connectivity index (χ0) is 26.2. The first-order valence-corrected chi connectivity index (χ1v) is 13.7. The highest BCUT2D eigenvalue weighted by Crippen LogP contribution is 2.39. The standard InChI is InChI=1S/C37H23N3/c1-2-11-24(12-3-1)31-17-10-20-37(38-31)40-33-19-9-7-16-29(33)30-21-25-22-35-28-15-5-4-13-26(28)27-14-6-8-18-32(27)39(35)34(25)23-36(30)40/h1-23H. The molecule has 3 nitrogen and oxygen atoms in total. The Kier molecular flexibility index (Phi) is 4.33. The predicted molar refractivity (Wildman–Crippen MR) is 167 cm³/mol. The summed E-state index contributed by atoms with van der Waals surface area (Å²) in [4.78, 5) is 5.16. The van der Waals surface area contributed by atoms with Crippen LogP contribution < -0.4 is 0 Å². The molecule has 0 saturated heterocycles. The fourth-order valence-corrected chi connectivity index (χ4v) is 6.53. The Morgan fingerprint density at radius 2 is 1.05 bits per heavy atom. The van der Waals surface area contributed by atoms with Crippen LogP contribution in [0.3, 0.4) is 0 Å². The van der Waals surface area contributed by atoms with Gasteiger partial charge in [0.2, 0.25) is 0 Å². The minimum Gasteiger partial charge on any atom is -0.309 e. The number of hydrogen-bond donors (Lipinski definition) is 0. The third-order valence-corrected chi connectivity index (χ3v) is 8.27. The fourth-order valence-electron chi connectivity index (χ4n) is 6.53. The largest absolute Gasteiger partial charge is 0.309 e. The Labute approximate surface area is 230 Å². The summed E-state index contributed by atoms with van der Waals surface area (Å²) in [7, 11) is 0. The topological polar surface area (TPSA) is 22.2 Å². The van der Waals surface area contributed by atoms with Crippen molar-refractivity contribution < 1.29 is 0 Å². The summed E-state index contributed by atoms with van der Waals surface area (Å²) in [6, 6.07) is 49.9. The highest BCUT2D eigenvalue weighted by molar-refractivity contribution is 6.18. The summed E-state index contributed by atoms with van der Waals surface area (Å²) < 4.78 is 4.75. The van der Waals surface area contributed by atoms with Crippen LogP contribution in [-0.2, 0) is 0 Å². The Hall–Kier alpha value is -5.41. The normalized spacial score (nSPS) is 12.0. The number of fused-ring (bicyclic) bond motifs is 11. The van der Waals surface area contributed by atoms with Crippen LogP contribution in [0.5, 0.6) is 0 Å². The molecule has 9 aromatic rings. The second-order valence-corrected chi connectivity index (χ2v) is 10.5. The van der Waals surface area contributed by atoms with Gasteiger partial charge in [0, 0.05) is 32.5 Å². The third kappa shape index (κ3) is 2.92. The summed E-state index contributed by atoms with van der Waals surface area (Å²) >= 11 is 0. The molecule has 4 heterocycles. The summed E-state index contributed by atoms with van der Waals surface area (Å²) in [5.41, 5.74) is 8.05. The molecule has 0 N–H and O–H groups in total. The molecule has 0 aliphatic rings. The van der Waals surface area contributed by atoms with Gasteiger partial charge in [0.1, 0.15) is 5.82 Å². The summed E-state index contributed by atoms with van der Waals surface area (Å²) in [6.07, 6.45) is 0. The van der Waals surface area contributed by atoms with Crippen molar-refractivity contribution in [3.8, 4) is 17.1 Å². The van der Waals surface area contributed by atoms with Gasteiger partial charge in [-0.2, -0.15) is 0 Å². The van der Waals surface area contributed by atoms with Crippen molar-refractivity contribution >= 4 is 59.9 Å². The molecule has 0 spiro atoms. The van der Waals surface area contributed by atoms with E-state index in [4.69, 9.17) is 4.98 Å². The van der Waals surface area contributed by atoms with Gasteiger partial charge in [-0.05, 0) is 47.9 Å². The average Bonchev–Trinajstić information content (AvgIpc) is 3.56. The van der Waals surface area contributed by atoms with Crippen LogP contribution in [0.15, 0.2) is 140 Å². The maximum absolute atomic E-state index is 5.16. The molecule has 0 saturated carbocycles. The molecular formula is C37H23N3. The first-order chi connectivity index (χ1) is 19.8. The molecule has 0 aliphatic carbocycles. The van der Waals surface area contributed by atoms with Gasteiger partial charge < -0.3 is 4.40 Å². The monoisotopic (exact) mass is 509 g/mol. The Balaban J connectivity index is 1.43. The number of hydrogen-bond acceptors (Lipinski definition) is 1. The number of rotatable bonds is 2. The van der Waals surface area contributed by atoms with Crippen LogP contribution in [0.25, 0.3) is 77.0 Å². The van der Waals surface area contributed by atoms with Gasteiger partial charge in [-0.1, -0.05) is 97.1 Å². The van der Waals surface area contributed by atoms with Crippen molar-refractivity contribution in [1.82, 2.24) is 14.0 Å². The lowest BCUT2D eigenvalue weighted by Gasteiger charge is -2.11. The van der Waals surface area contributed by atoms with Crippen LogP contribution in [0.4, 0.5) is 0 Å². The second kappa shape index (κ2) is 8.05. The van der Waals surface area contributed by atoms with Crippen molar-refractivity contribution in [2.75, 3.05) is 0 Å². The molecule has 3 heteroatoms. The van der Waals surface area contributed by atoms with Crippen molar-refractivity contribution in [2.24, 2.45) is 0 Å². The summed E-state index contributed by atoms with van der Waals surface area (Å²) in [5.74, 6) is 0.920. The van der Waals surface area contributed by atoms with E-state index in [2.05, 4.69) is 142 Å². The number of pyridine rings is 2. The van der Waals surface area contributed by atoms with E-state index in [1.54, 1.807) is 0 Å². The van der Waals surface area contributed by atoms with Crippen LogP contribution in [0, 0.1) is 0 Å². The van der Waals surface area contributed by atoms with Crippen molar-refractivity contribution in [3.05, 3.63) is 140 Å². The molecule has 40 heavy (non-hydrogen) atoms. The number of nitrogens with zero attached hydrogens (tertiary/aromatic N) is 3. The molecule has 0 fully saturated rings. The fraction of sp³-hybridized carbons (Fsp3) is 0. The molecule has 4 aromatic heterocycles. The summed E-state index contributed by atoms with van der Waals surface area (Å²) in [6.45, 7) is 0. The number of para-hydroxylation sites is 2. The first kappa shape index (κ1) is 21.5. The van der Waals surface area contributed by atoms with Crippen LogP contribution >= 0.6 is 0 Å². The van der Waals surface area contributed by atoms with E-state index in [9.17, 15) is 0 Å². The smallest absolute Gasteiger partial charge is 0.138 e. The lowest BCUT2D eigenvalue weighted by molar-refractivity contribution is 1.08. The highest BCUT2D eigenvalue weighted by Gasteiger charge is 2.18. The Morgan fingerprint density at radius 1 is 0.400 bits per heavy atom. The van der Waals surface area contributed by atoms with Gasteiger partial charge in [0.15, 0.2) is 0 Å². The highest BCUT2D eigenvalue weighted by atomic mass is 15.1. The second-order valence-electron chi connectivity index (χ2n) is 10.5. The quantitative estimate of drug-likeness (QED) is 0.213. The molecule has 0 atom stereocenters. The van der Waals surface area contributed by atoms with E-state index >= 15 is 0 Å². The number of benzene rings is 5. The van der Waals surface area contributed by atoms with E-state index in [1.807, 2.05) is 6.07 Å². The Morgan fingerprint density at radius 3 is 1.85 bits per heavy atom. The van der Waals surface area contributed by atoms with E-state index < -0.39 is 0 Å². The SMILES string of the molecule is c1ccc(-c2cccc(-n3c4ccccc4c4cc5cc6c7ccccc7c7ccccc7n6c5cc43)n2)cc1. The lowest BCUT2D eigenvalue weighted by atomic mass is 10.1. The zero-order valence-corrected chi connectivity index (χ0v) is 21.6. The predicted octanol–water partition coefficient (Wildman–Crippen LogP) is 9.56. The van der Waals surface area contributed by atoms with Gasteiger partial charge in [-0.15, -0.1) is 0 Å². The molecule has 0 aliphatic heterocycles. The van der Waals surface area contributed by atoms with Crippen LogP contribution in [0.2, 0.25) is 0 Å². The van der Waals surface area contributed by atoms with Crippen LogP contribution in [0.1, 0.15) is 0 Å². The average molecular weight is 510 g/mol. The van der Waals surface area contributed by atoms with Gasteiger partial charge >= 0.3 is 0 Å². The first-order valence-electron chi connectivity index (χ1n) is 13.7. The van der Waals surface area contributed by atoms with E-state index in [0.717, 1.165) is 28.1 Å². The molecule has 0 bridgehead atoms. The minimum absolute atomic E-state index is 0.920. The van der Waals surface area contributed by atoms with Gasteiger partial charge in [0.05, 0.1) is 33.3 Å². The molecular weight excluding hydrogens is 486 g/mol. The molecule has 0 unspecified atom stereocenters. The van der Waals surface area contributed by atoms with Crippen molar-refractivity contribution in [3.63, 3.8) is 0 Å². The van der Waals surface area contributed by atoms with E-state index in [1.165, 1.54) is 48.9 Å². The van der Waals surface area contributed by atoms with Gasteiger partial charge in [-0.3, -0.25) is 4.57 Å². The molecule has 9 rings (SSSR count). The van der Waals surface area contributed by atoms with Crippen molar-refractivity contribution in [1.29, 1.82) is 0 Å². The molecule has 0 amide bonds. The molecule has 0 radical (unpaired) electrons. The third-order valence-electron chi connectivity index (χ3n) is 8.27. The zero-order valence-electron chi connectivity index (χ0n) is 21.6. The lowest BCUT2D eigenvalue weighted by Crippen LogP contribution is -1.98. The minimum atomic E-state index is 0.920. The van der Waals surface area contributed by atoms with Crippen molar-refractivity contribution in [2.45, 2.75) is 0 Å². The molecule has 5 aromatic carbocycles. The van der Waals surface area contributed by atoms with E-state index in [0.29, 0.717) is 0 Å². The molecule has 186 valence electrons. The maximum atomic E-state index is 5.16. The van der Waals surface area contributed by atoms with Gasteiger partial charge in [0.25, 0.3) is 0 Å². The maximum Gasteiger partial charge on any atom is 0.138 e. The number of aromatic nitrogens is 3. The Bertz CT molecular complexity index is 2430. The van der Waals surface area contributed by atoms with E-state index in [-0.39, 0.29) is 0 Å². The van der Waals surface area contributed by atoms with Crippen LogP contribution in [-0.4, -0.2) is 14.0 Å².